The minimum Gasteiger partial charge on any atom is -0.494 e. The smallest absolute Gasteiger partial charge is 0.219 e. The first-order chi connectivity index (χ1) is 15.6. The van der Waals surface area contributed by atoms with E-state index >= 15 is 0 Å². The van der Waals surface area contributed by atoms with Gasteiger partial charge in [-0.25, -0.2) is 9.98 Å². The molecule has 1 aromatic heterocycles. The van der Waals surface area contributed by atoms with Crippen molar-refractivity contribution in [2.24, 2.45) is 10.7 Å². The molecule has 0 bridgehead atoms. The molecule has 0 fully saturated rings. The first kappa shape index (κ1) is 26.0. The molecule has 3 aromatic rings. The van der Waals surface area contributed by atoms with Crippen LogP contribution in [0.25, 0.3) is 0 Å². The van der Waals surface area contributed by atoms with Crippen molar-refractivity contribution in [3.63, 3.8) is 0 Å². The molecule has 3 N–H and O–H groups in total. The molecule has 3 rings (SSSR count). The molecule has 9 heteroatoms. The van der Waals surface area contributed by atoms with Crippen LogP contribution in [0.1, 0.15) is 18.1 Å². The van der Waals surface area contributed by atoms with Gasteiger partial charge in [0.2, 0.25) is 5.88 Å². The lowest BCUT2D eigenvalue weighted by atomic mass is 10.2. The van der Waals surface area contributed by atoms with E-state index in [0.717, 1.165) is 16.9 Å². The Bertz CT molecular complexity index is 1040. The summed E-state index contributed by atoms with van der Waals surface area (Å²) >= 11 is 0. The van der Waals surface area contributed by atoms with Gasteiger partial charge >= 0.3 is 0 Å². The molecule has 0 unspecified atom stereocenters. The zero-order chi connectivity index (χ0) is 22.8. The monoisotopic (exact) mass is 564 g/mol. The molecule has 33 heavy (non-hydrogen) atoms. The number of benzene rings is 2. The highest BCUT2D eigenvalue weighted by Crippen LogP contribution is 2.27. The molecule has 0 aliphatic heterocycles. The lowest BCUT2D eigenvalue weighted by molar-refractivity contribution is 0.339. The zero-order valence-electron chi connectivity index (χ0n) is 18.9. The van der Waals surface area contributed by atoms with Gasteiger partial charge in [0.1, 0.15) is 11.5 Å². The second-order valence-corrected chi connectivity index (χ2v) is 6.75. The summed E-state index contributed by atoms with van der Waals surface area (Å²) in [6, 6.07) is 16.8. The van der Waals surface area contributed by atoms with Crippen LogP contribution in [-0.4, -0.2) is 31.8 Å². The van der Waals surface area contributed by atoms with Crippen molar-refractivity contribution in [2.45, 2.75) is 20.0 Å². The molecule has 0 saturated carbocycles. The van der Waals surface area contributed by atoms with Gasteiger partial charge in [-0.05, 0) is 60.5 Å². The second kappa shape index (κ2) is 13.4. The summed E-state index contributed by atoms with van der Waals surface area (Å²) in [4.78, 5) is 8.64. The topological polar surface area (TPSA) is 100 Å². The van der Waals surface area contributed by atoms with Crippen LogP contribution < -0.4 is 30.0 Å². The minimum absolute atomic E-state index is 0. The Morgan fingerprint density at radius 2 is 1.67 bits per heavy atom. The third-order valence-electron chi connectivity index (χ3n) is 4.51. The van der Waals surface area contributed by atoms with Gasteiger partial charge < -0.3 is 30.0 Å². The number of halogens is 1. The maximum absolute atomic E-state index is 6.02. The Morgan fingerprint density at radius 1 is 0.939 bits per heavy atom. The van der Waals surface area contributed by atoms with E-state index in [0.29, 0.717) is 48.8 Å². The van der Waals surface area contributed by atoms with Crippen LogP contribution in [0.2, 0.25) is 0 Å². The number of methoxy groups -OCH3 is 2. The number of rotatable bonds is 10. The van der Waals surface area contributed by atoms with Crippen molar-refractivity contribution >= 4 is 29.9 Å². The summed E-state index contributed by atoms with van der Waals surface area (Å²) in [5.41, 5.74) is 7.94. The fraction of sp³-hybridized carbons (Fsp3) is 0.250. The second-order valence-electron chi connectivity index (χ2n) is 6.75. The van der Waals surface area contributed by atoms with Gasteiger partial charge in [-0.3, -0.25) is 0 Å². The number of aliphatic imine (C=N–C) groups is 1. The maximum atomic E-state index is 6.02. The van der Waals surface area contributed by atoms with E-state index in [4.69, 9.17) is 24.7 Å². The zero-order valence-corrected chi connectivity index (χ0v) is 21.2. The highest BCUT2D eigenvalue weighted by Gasteiger charge is 2.05. The van der Waals surface area contributed by atoms with Crippen molar-refractivity contribution in [1.29, 1.82) is 0 Å². The third kappa shape index (κ3) is 8.01. The van der Waals surface area contributed by atoms with E-state index in [2.05, 4.69) is 15.3 Å². The number of nitrogens with zero attached hydrogens (tertiary/aromatic N) is 2. The molecule has 1 heterocycles. The fourth-order valence-corrected chi connectivity index (χ4v) is 2.91. The van der Waals surface area contributed by atoms with Crippen LogP contribution in [0, 0.1) is 0 Å². The van der Waals surface area contributed by atoms with Gasteiger partial charge in [-0.15, -0.1) is 24.0 Å². The molecule has 176 valence electrons. The molecular formula is C24H29IN4O4. The van der Waals surface area contributed by atoms with Crippen LogP contribution in [0.3, 0.4) is 0 Å². The normalized spacial score (nSPS) is 10.7. The number of aromatic nitrogens is 1. The van der Waals surface area contributed by atoms with Gasteiger partial charge in [0.05, 0.1) is 27.4 Å². The van der Waals surface area contributed by atoms with Gasteiger partial charge in [0.15, 0.2) is 17.5 Å². The number of pyridine rings is 1. The Balaban J connectivity index is 0.00000385. The van der Waals surface area contributed by atoms with E-state index in [-0.39, 0.29) is 24.0 Å². The standard InChI is InChI=1S/C24H28N4O4.HI/c1-4-31-19-6-8-20(9-7-19)32-23-14-18(11-12-26-23)16-28-24(25)27-15-17-5-10-21(29-2)22(13-17)30-3;/h5-14H,4,15-16H2,1-3H3,(H3,25,27,28);1H. The largest absolute Gasteiger partial charge is 0.494 e. The molecule has 0 spiro atoms. The average Bonchev–Trinajstić information content (AvgIpc) is 2.83. The first-order valence-electron chi connectivity index (χ1n) is 10.2. The number of hydrogen-bond donors (Lipinski definition) is 2. The van der Waals surface area contributed by atoms with Crippen molar-refractivity contribution in [3.05, 3.63) is 71.9 Å². The molecule has 0 amide bonds. The van der Waals surface area contributed by atoms with Crippen molar-refractivity contribution in [2.75, 3.05) is 20.8 Å². The fourth-order valence-electron chi connectivity index (χ4n) is 2.91. The lowest BCUT2D eigenvalue weighted by Gasteiger charge is -2.10. The first-order valence-corrected chi connectivity index (χ1v) is 10.2. The minimum atomic E-state index is 0. The quantitative estimate of drug-likeness (QED) is 0.212. The SMILES string of the molecule is CCOc1ccc(Oc2cc(CNC(N)=NCc3ccc(OC)c(OC)c3)ccn2)cc1.I. The van der Waals surface area contributed by atoms with Crippen molar-refractivity contribution in [1.82, 2.24) is 10.3 Å². The summed E-state index contributed by atoms with van der Waals surface area (Å²) in [5, 5.41) is 3.10. The van der Waals surface area contributed by atoms with Crippen LogP contribution in [0.4, 0.5) is 0 Å². The summed E-state index contributed by atoms with van der Waals surface area (Å²) in [6.45, 7) is 3.48. The number of guanidine groups is 1. The molecular weight excluding hydrogens is 535 g/mol. The van der Waals surface area contributed by atoms with Gasteiger partial charge in [-0.1, -0.05) is 6.07 Å². The van der Waals surface area contributed by atoms with Gasteiger partial charge in [0, 0.05) is 18.8 Å². The highest BCUT2D eigenvalue weighted by atomic mass is 127. The molecule has 0 atom stereocenters. The molecule has 0 saturated heterocycles. The van der Waals surface area contributed by atoms with Crippen LogP contribution in [0.5, 0.6) is 28.9 Å². The number of hydrogen-bond acceptors (Lipinski definition) is 6. The van der Waals surface area contributed by atoms with Crippen LogP contribution >= 0.6 is 24.0 Å². The van der Waals surface area contributed by atoms with E-state index in [1.165, 1.54) is 0 Å². The number of nitrogens with two attached hydrogens (primary N) is 1. The summed E-state index contributed by atoms with van der Waals surface area (Å²) < 4.78 is 21.8. The van der Waals surface area contributed by atoms with Crippen molar-refractivity contribution < 1.29 is 18.9 Å². The summed E-state index contributed by atoms with van der Waals surface area (Å²) in [5.74, 6) is 3.64. The Hall–Kier alpha value is -3.21. The summed E-state index contributed by atoms with van der Waals surface area (Å²) in [6.07, 6.45) is 1.69. The van der Waals surface area contributed by atoms with Crippen molar-refractivity contribution in [3.8, 4) is 28.9 Å². The molecule has 2 aromatic carbocycles. The predicted octanol–water partition coefficient (Wildman–Crippen LogP) is 4.51. The molecule has 8 nitrogen and oxygen atoms in total. The molecule has 0 aliphatic rings. The average molecular weight is 564 g/mol. The van der Waals surface area contributed by atoms with Gasteiger partial charge in [-0.2, -0.15) is 0 Å². The van der Waals surface area contributed by atoms with E-state index in [1.54, 1.807) is 20.4 Å². The lowest BCUT2D eigenvalue weighted by Crippen LogP contribution is -2.31. The molecule has 0 aliphatic carbocycles. The third-order valence-corrected chi connectivity index (χ3v) is 4.51. The van der Waals surface area contributed by atoms with E-state index in [1.807, 2.05) is 61.5 Å². The predicted molar refractivity (Wildman–Crippen MR) is 139 cm³/mol. The Morgan fingerprint density at radius 3 is 2.36 bits per heavy atom. The number of nitrogens with one attached hydrogen (secondary N) is 1. The molecule has 0 radical (unpaired) electrons. The van der Waals surface area contributed by atoms with Crippen LogP contribution in [0.15, 0.2) is 65.8 Å². The van der Waals surface area contributed by atoms with Gasteiger partial charge in [0.25, 0.3) is 0 Å². The maximum Gasteiger partial charge on any atom is 0.219 e. The summed E-state index contributed by atoms with van der Waals surface area (Å²) in [7, 11) is 3.20. The van der Waals surface area contributed by atoms with Crippen LogP contribution in [-0.2, 0) is 13.1 Å². The Labute approximate surface area is 211 Å². The number of ether oxygens (including phenoxy) is 4. The van der Waals surface area contributed by atoms with E-state index in [9.17, 15) is 0 Å². The highest BCUT2D eigenvalue weighted by molar-refractivity contribution is 14.0. The Kier molecular flexibility index (Phi) is 10.5. The van der Waals surface area contributed by atoms with E-state index < -0.39 is 0 Å².